The molecule has 1 aliphatic heterocycles. The Bertz CT molecular complexity index is 1100. The minimum absolute atomic E-state index is 0.0179. The van der Waals surface area contributed by atoms with E-state index in [0.29, 0.717) is 16.5 Å². The van der Waals surface area contributed by atoms with Crippen molar-refractivity contribution in [2.24, 2.45) is 0 Å². The molecule has 3 aromatic rings. The lowest BCUT2D eigenvalue weighted by atomic mass is 10.1. The fourth-order valence-corrected chi connectivity index (χ4v) is 4.74. The molecule has 5 nitrogen and oxygen atoms in total. The van der Waals surface area contributed by atoms with E-state index in [0.717, 1.165) is 22.5 Å². The number of nitrogens with zero attached hydrogens (tertiary/aromatic N) is 1. The van der Waals surface area contributed by atoms with E-state index < -0.39 is 0 Å². The summed E-state index contributed by atoms with van der Waals surface area (Å²) in [4.78, 5) is 26.7. The number of ether oxygens (including phenoxy) is 1. The Labute approximate surface area is 190 Å². The minimum Gasteiger partial charge on any atom is -0.483 e. The second-order valence-corrected chi connectivity index (χ2v) is 8.65. The van der Waals surface area contributed by atoms with Gasteiger partial charge in [-0.05, 0) is 55.0 Å². The van der Waals surface area contributed by atoms with Crippen LogP contribution in [0.5, 0.6) is 5.75 Å². The lowest BCUT2D eigenvalue weighted by Gasteiger charge is -2.26. The third-order valence-corrected chi connectivity index (χ3v) is 6.26. The number of hydrogen-bond acceptors (Lipinski definition) is 4. The Hall–Kier alpha value is -2.96. The molecular formula is C24H21ClN2O3S. The molecule has 0 saturated carbocycles. The average Bonchev–Trinajstić information content (AvgIpc) is 3.14. The molecule has 1 saturated heterocycles. The third-order valence-electron chi connectivity index (χ3n) is 4.82. The molecule has 3 aromatic carbocycles. The molecule has 0 aliphatic carbocycles. The van der Waals surface area contributed by atoms with Crippen LogP contribution in [0.1, 0.15) is 16.5 Å². The summed E-state index contributed by atoms with van der Waals surface area (Å²) < 4.78 is 5.87. The summed E-state index contributed by atoms with van der Waals surface area (Å²) in [5.74, 6) is 0.720. The van der Waals surface area contributed by atoms with Gasteiger partial charge >= 0.3 is 0 Å². The molecule has 1 atom stereocenters. The smallest absolute Gasteiger partial charge is 0.262 e. The van der Waals surface area contributed by atoms with Crippen LogP contribution in [0.2, 0.25) is 5.02 Å². The van der Waals surface area contributed by atoms with Crippen molar-refractivity contribution in [3.8, 4) is 5.75 Å². The largest absolute Gasteiger partial charge is 0.483 e. The molecule has 1 N–H and O–H groups in total. The van der Waals surface area contributed by atoms with Crippen molar-refractivity contribution in [3.63, 3.8) is 0 Å². The molecule has 0 aromatic heterocycles. The molecule has 0 unspecified atom stereocenters. The van der Waals surface area contributed by atoms with Crippen molar-refractivity contribution in [1.82, 2.24) is 0 Å². The van der Waals surface area contributed by atoms with Gasteiger partial charge in [-0.2, -0.15) is 0 Å². The molecule has 1 fully saturated rings. The van der Waals surface area contributed by atoms with E-state index in [1.165, 1.54) is 11.8 Å². The van der Waals surface area contributed by atoms with E-state index in [1.54, 1.807) is 17.0 Å². The first kappa shape index (κ1) is 21.3. The lowest BCUT2D eigenvalue weighted by Crippen LogP contribution is -2.28. The summed E-state index contributed by atoms with van der Waals surface area (Å²) in [5, 5.41) is 3.21. The van der Waals surface area contributed by atoms with E-state index in [9.17, 15) is 9.59 Å². The van der Waals surface area contributed by atoms with Crippen LogP contribution < -0.4 is 15.0 Å². The van der Waals surface area contributed by atoms with Crippen LogP contribution in [0, 0.1) is 6.92 Å². The Morgan fingerprint density at radius 3 is 2.68 bits per heavy atom. The summed E-state index contributed by atoms with van der Waals surface area (Å²) in [6.07, 6.45) is 0. The Balaban J connectivity index is 1.50. The van der Waals surface area contributed by atoms with Gasteiger partial charge in [0.25, 0.3) is 5.91 Å². The molecule has 4 rings (SSSR count). The highest BCUT2D eigenvalue weighted by molar-refractivity contribution is 8.00. The maximum atomic E-state index is 12.6. The molecule has 0 bridgehead atoms. The lowest BCUT2D eigenvalue weighted by molar-refractivity contribution is -0.118. The number of benzene rings is 3. The van der Waals surface area contributed by atoms with Crippen molar-refractivity contribution >= 4 is 46.6 Å². The zero-order chi connectivity index (χ0) is 21.8. The molecule has 2 amide bonds. The number of thioether (sulfide) groups is 1. The number of hydrogen-bond donors (Lipinski definition) is 1. The van der Waals surface area contributed by atoms with Crippen molar-refractivity contribution in [2.45, 2.75) is 12.3 Å². The average molecular weight is 453 g/mol. The molecule has 7 heteroatoms. The molecule has 0 spiro atoms. The van der Waals surface area contributed by atoms with Gasteiger partial charge in [0, 0.05) is 22.0 Å². The molecular weight excluding hydrogens is 432 g/mol. The molecule has 31 heavy (non-hydrogen) atoms. The van der Waals surface area contributed by atoms with Gasteiger partial charge in [-0.15, -0.1) is 11.8 Å². The third kappa shape index (κ3) is 5.03. The normalized spacial score (nSPS) is 15.7. The van der Waals surface area contributed by atoms with Crippen LogP contribution in [-0.4, -0.2) is 24.2 Å². The van der Waals surface area contributed by atoms with E-state index in [-0.39, 0.29) is 23.8 Å². The molecule has 0 radical (unpaired) electrons. The zero-order valence-electron chi connectivity index (χ0n) is 16.9. The zero-order valence-corrected chi connectivity index (χ0v) is 18.5. The highest BCUT2D eigenvalue weighted by Gasteiger charge is 2.35. The molecule has 1 aliphatic rings. The van der Waals surface area contributed by atoms with Gasteiger partial charge in [-0.25, -0.2) is 0 Å². The summed E-state index contributed by atoms with van der Waals surface area (Å²) in [6, 6.07) is 22.3. The van der Waals surface area contributed by atoms with Crippen LogP contribution in [-0.2, 0) is 9.59 Å². The summed E-state index contributed by atoms with van der Waals surface area (Å²) in [5.41, 5.74) is 3.41. The van der Waals surface area contributed by atoms with Gasteiger partial charge in [-0.1, -0.05) is 41.9 Å². The number of carbonyl (C=O) groups excluding carboxylic acids is 2. The predicted molar refractivity (Wildman–Crippen MR) is 126 cm³/mol. The van der Waals surface area contributed by atoms with E-state index in [2.05, 4.69) is 5.32 Å². The van der Waals surface area contributed by atoms with Crippen molar-refractivity contribution in [1.29, 1.82) is 0 Å². The van der Waals surface area contributed by atoms with Crippen molar-refractivity contribution in [3.05, 3.63) is 88.9 Å². The highest BCUT2D eigenvalue weighted by atomic mass is 35.5. The quantitative estimate of drug-likeness (QED) is 0.540. The van der Waals surface area contributed by atoms with E-state index in [4.69, 9.17) is 16.3 Å². The Kier molecular flexibility index (Phi) is 6.49. The number of amides is 2. The number of carbonyl (C=O) groups is 2. The summed E-state index contributed by atoms with van der Waals surface area (Å²) in [7, 11) is 0. The maximum absolute atomic E-state index is 12.6. The van der Waals surface area contributed by atoms with Crippen LogP contribution >= 0.6 is 23.4 Å². The number of rotatable bonds is 6. The van der Waals surface area contributed by atoms with Gasteiger partial charge in [0.1, 0.15) is 11.1 Å². The van der Waals surface area contributed by atoms with Crippen LogP contribution in [0.3, 0.4) is 0 Å². The van der Waals surface area contributed by atoms with Crippen molar-refractivity contribution in [2.75, 3.05) is 22.6 Å². The van der Waals surface area contributed by atoms with Gasteiger partial charge in [0.05, 0.1) is 5.75 Å². The number of halogens is 1. The van der Waals surface area contributed by atoms with Crippen LogP contribution in [0.15, 0.2) is 72.8 Å². The second-order valence-electron chi connectivity index (χ2n) is 7.15. The monoisotopic (exact) mass is 452 g/mol. The first-order chi connectivity index (χ1) is 15.0. The summed E-state index contributed by atoms with van der Waals surface area (Å²) in [6.45, 7) is 1.84. The van der Waals surface area contributed by atoms with Gasteiger partial charge in [0.15, 0.2) is 6.61 Å². The Morgan fingerprint density at radius 2 is 1.90 bits per heavy atom. The maximum Gasteiger partial charge on any atom is 0.262 e. The number of anilines is 2. The molecule has 158 valence electrons. The second kappa shape index (κ2) is 9.45. The predicted octanol–water partition coefficient (Wildman–Crippen LogP) is 5.44. The summed E-state index contributed by atoms with van der Waals surface area (Å²) >= 11 is 7.53. The number of aryl methyl sites for hydroxylation is 1. The van der Waals surface area contributed by atoms with Gasteiger partial charge in [0.2, 0.25) is 5.91 Å². The first-order valence-electron chi connectivity index (χ1n) is 9.79. The minimum atomic E-state index is -0.246. The van der Waals surface area contributed by atoms with Crippen LogP contribution in [0.4, 0.5) is 11.4 Å². The fraction of sp³-hybridized carbons (Fsp3) is 0.167. The van der Waals surface area contributed by atoms with Crippen molar-refractivity contribution < 1.29 is 14.3 Å². The van der Waals surface area contributed by atoms with E-state index >= 15 is 0 Å². The first-order valence-corrected chi connectivity index (χ1v) is 11.2. The standard InChI is InChI=1S/C24H21ClN2O3S/c1-16-5-4-6-18(13-16)26-22(28)14-30-21-8-3-2-7-20(21)24-27(23(29)15-31-24)19-11-9-17(25)10-12-19/h2-13,24H,14-15H2,1H3,(H,26,28)/t24-/m0/s1. The topological polar surface area (TPSA) is 58.6 Å². The van der Waals surface area contributed by atoms with Gasteiger partial charge < -0.3 is 10.1 Å². The SMILES string of the molecule is Cc1cccc(NC(=O)COc2ccccc2[C@@H]2SCC(=O)N2c2ccc(Cl)cc2)c1. The molecule has 1 heterocycles. The number of para-hydroxylation sites is 1. The fourth-order valence-electron chi connectivity index (χ4n) is 3.41. The van der Waals surface area contributed by atoms with Gasteiger partial charge in [-0.3, -0.25) is 14.5 Å². The highest BCUT2D eigenvalue weighted by Crippen LogP contribution is 2.44. The number of nitrogens with one attached hydrogen (secondary N) is 1. The van der Waals surface area contributed by atoms with E-state index in [1.807, 2.05) is 67.6 Å². The Morgan fingerprint density at radius 1 is 1.13 bits per heavy atom. The van der Waals surface area contributed by atoms with Crippen LogP contribution in [0.25, 0.3) is 0 Å².